The van der Waals surface area contributed by atoms with E-state index in [9.17, 15) is 4.79 Å². The van der Waals surface area contributed by atoms with Gasteiger partial charge >= 0.3 is 0 Å². The molecule has 0 bridgehead atoms. The van der Waals surface area contributed by atoms with E-state index in [0.717, 1.165) is 26.2 Å². The first-order valence-corrected chi connectivity index (χ1v) is 7.28. The molecule has 0 unspecified atom stereocenters. The summed E-state index contributed by atoms with van der Waals surface area (Å²) in [6.07, 6.45) is 0.434. The van der Waals surface area contributed by atoms with Crippen LogP contribution in [0.4, 0.5) is 5.69 Å². The fraction of sp³-hybridized carbons (Fsp3) is 0.500. The van der Waals surface area contributed by atoms with Gasteiger partial charge in [-0.05, 0) is 26.0 Å². The summed E-state index contributed by atoms with van der Waals surface area (Å²) >= 11 is 0. The molecule has 1 aromatic carbocycles. The Kier molecular flexibility index (Phi) is 4.94. The molecule has 1 aliphatic rings. The lowest BCUT2D eigenvalue weighted by molar-refractivity contribution is -0.116. The third-order valence-corrected chi connectivity index (χ3v) is 3.90. The van der Waals surface area contributed by atoms with Crippen molar-refractivity contribution >= 4 is 11.6 Å². The number of carbonyl (C=O) groups is 1. The third-order valence-electron chi connectivity index (χ3n) is 3.90. The number of hydrogen-bond donors (Lipinski definition) is 2. The van der Waals surface area contributed by atoms with Crippen molar-refractivity contribution in [1.82, 2.24) is 10.2 Å². The molecular weight excluding hydrogens is 264 g/mol. The SMILES string of the molecule is CC1(C)CNCCN1CCC(=O)Nc1ccccc1C#N. The predicted octanol–water partition coefficient (Wildman–Crippen LogP) is 1.57. The average molecular weight is 286 g/mol. The van der Waals surface area contributed by atoms with Gasteiger partial charge in [-0.1, -0.05) is 12.1 Å². The first-order chi connectivity index (χ1) is 10.0. The number of nitrogens with zero attached hydrogens (tertiary/aromatic N) is 2. The highest BCUT2D eigenvalue weighted by Gasteiger charge is 2.29. The third kappa shape index (κ3) is 4.03. The lowest BCUT2D eigenvalue weighted by Crippen LogP contribution is -2.58. The Morgan fingerprint density at radius 2 is 2.24 bits per heavy atom. The lowest BCUT2D eigenvalue weighted by atomic mass is 10.00. The van der Waals surface area contributed by atoms with Crippen LogP contribution in [0.15, 0.2) is 24.3 Å². The number of nitrogens with one attached hydrogen (secondary N) is 2. The van der Waals surface area contributed by atoms with Gasteiger partial charge in [0.1, 0.15) is 6.07 Å². The minimum Gasteiger partial charge on any atom is -0.325 e. The molecular formula is C16H22N4O. The van der Waals surface area contributed by atoms with Gasteiger partial charge in [-0.2, -0.15) is 5.26 Å². The number of amides is 1. The smallest absolute Gasteiger partial charge is 0.225 e. The van der Waals surface area contributed by atoms with Crippen molar-refractivity contribution in [2.24, 2.45) is 0 Å². The van der Waals surface area contributed by atoms with Crippen LogP contribution in [0, 0.1) is 11.3 Å². The Bertz CT molecular complexity index is 547. The van der Waals surface area contributed by atoms with Gasteiger partial charge in [0.25, 0.3) is 0 Å². The predicted molar refractivity (Wildman–Crippen MR) is 82.9 cm³/mol. The minimum absolute atomic E-state index is 0.0490. The van der Waals surface area contributed by atoms with E-state index in [-0.39, 0.29) is 11.4 Å². The summed E-state index contributed by atoms with van der Waals surface area (Å²) in [5.41, 5.74) is 1.15. The molecule has 1 amide bonds. The van der Waals surface area contributed by atoms with Gasteiger partial charge in [0.2, 0.25) is 5.91 Å². The molecule has 5 heteroatoms. The summed E-state index contributed by atoms with van der Waals surface area (Å²) in [6.45, 7) is 7.95. The molecule has 2 rings (SSSR count). The molecule has 0 atom stereocenters. The van der Waals surface area contributed by atoms with Crippen LogP contribution in [-0.4, -0.2) is 42.5 Å². The van der Waals surface area contributed by atoms with Gasteiger partial charge in [-0.3, -0.25) is 9.69 Å². The maximum Gasteiger partial charge on any atom is 0.225 e. The van der Waals surface area contributed by atoms with Crippen LogP contribution in [0.1, 0.15) is 25.8 Å². The van der Waals surface area contributed by atoms with E-state index in [2.05, 4.69) is 35.5 Å². The number of nitriles is 1. The highest BCUT2D eigenvalue weighted by atomic mass is 16.1. The molecule has 0 radical (unpaired) electrons. The van der Waals surface area contributed by atoms with Crippen LogP contribution in [-0.2, 0) is 4.79 Å². The molecule has 5 nitrogen and oxygen atoms in total. The molecule has 2 N–H and O–H groups in total. The van der Waals surface area contributed by atoms with Crippen molar-refractivity contribution in [3.63, 3.8) is 0 Å². The number of para-hydroxylation sites is 1. The van der Waals surface area contributed by atoms with Crippen LogP contribution in [0.3, 0.4) is 0 Å². The number of rotatable bonds is 4. The number of carbonyl (C=O) groups excluding carboxylic acids is 1. The zero-order valence-corrected chi connectivity index (χ0v) is 12.6. The van der Waals surface area contributed by atoms with Crippen molar-refractivity contribution in [2.45, 2.75) is 25.8 Å². The number of anilines is 1. The molecule has 0 aliphatic carbocycles. The van der Waals surface area contributed by atoms with Crippen LogP contribution < -0.4 is 10.6 Å². The number of piperazine rings is 1. The Morgan fingerprint density at radius 3 is 2.95 bits per heavy atom. The topological polar surface area (TPSA) is 68.2 Å². The van der Waals surface area contributed by atoms with E-state index in [0.29, 0.717) is 17.7 Å². The first-order valence-electron chi connectivity index (χ1n) is 7.28. The molecule has 1 heterocycles. The van der Waals surface area contributed by atoms with Gasteiger partial charge in [0.05, 0.1) is 11.3 Å². The average Bonchev–Trinajstić information content (AvgIpc) is 2.46. The van der Waals surface area contributed by atoms with Crippen LogP contribution >= 0.6 is 0 Å². The second-order valence-corrected chi connectivity index (χ2v) is 5.93. The van der Waals surface area contributed by atoms with Crippen molar-refractivity contribution < 1.29 is 4.79 Å². The second kappa shape index (κ2) is 6.70. The summed E-state index contributed by atoms with van der Waals surface area (Å²) in [4.78, 5) is 14.4. The highest BCUT2D eigenvalue weighted by molar-refractivity contribution is 5.92. The van der Waals surface area contributed by atoms with Gasteiger partial charge in [0.15, 0.2) is 0 Å². The zero-order valence-electron chi connectivity index (χ0n) is 12.6. The molecule has 0 saturated carbocycles. The molecule has 0 aromatic heterocycles. The quantitative estimate of drug-likeness (QED) is 0.881. The second-order valence-electron chi connectivity index (χ2n) is 5.93. The molecule has 1 fully saturated rings. The summed E-state index contributed by atoms with van der Waals surface area (Å²) < 4.78 is 0. The number of benzene rings is 1. The van der Waals surface area contributed by atoms with Crippen LogP contribution in [0.2, 0.25) is 0 Å². The summed E-state index contributed by atoms with van der Waals surface area (Å²) in [7, 11) is 0. The van der Waals surface area contributed by atoms with Crippen molar-refractivity contribution in [3.8, 4) is 6.07 Å². The number of hydrogen-bond acceptors (Lipinski definition) is 4. The standard InChI is InChI=1S/C16H22N4O/c1-16(2)12-18-8-10-20(16)9-7-15(21)19-14-6-4-3-5-13(14)11-17/h3-6,18H,7-10,12H2,1-2H3,(H,19,21). The van der Waals surface area contributed by atoms with Gasteiger partial charge < -0.3 is 10.6 Å². The molecule has 1 aromatic rings. The van der Waals surface area contributed by atoms with Crippen LogP contribution in [0.5, 0.6) is 0 Å². The normalized spacial score (nSPS) is 18.0. The maximum atomic E-state index is 12.1. The van der Waals surface area contributed by atoms with E-state index < -0.39 is 0 Å². The maximum absolute atomic E-state index is 12.1. The van der Waals surface area contributed by atoms with Gasteiger partial charge in [0, 0.05) is 38.1 Å². The fourth-order valence-electron chi connectivity index (χ4n) is 2.58. The molecule has 1 saturated heterocycles. The van der Waals surface area contributed by atoms with E-state index in [1.165, 1.54) is 0 Å². The van der Waals surface area contributed by atoms with E-state index in [1.54, 1.807) is 18.2 Å². The molecule has 0 spiro atoms. The van der Waals surface area contributed by atoms with Crippen molar-refractivity contribution in [2.75, 3.05) is 31.5 Å². The Morgan fingerprint density at radius 1 is 1.48 bits per heavy atom. The molecule has 21 heavy (non-hydrogen) atoms. The Labute approximate surface area is 125 Å². The van der Waals surface area contributed by atoms with E-state index >= 15 is 0 Å². The van der Waals surface area contributed by atoms with Gasteiger partial charge in [-0.25, -0.2) is 0 Å². The van der Waals surface area contributed by atoms with Crippen molar-refractivity contribution in [1.29, 1.82) is 5.26 Å². The fourth-order valence-corrected chi connectivity index (χ4v) is 2.58. The minimum atomic E-state index is -0.0490. The lowest BCUT2D eigenvalue weighted by Gasteiger charge is -2.42. The summed E-state index contributed by atoms with van der Waals surface area (Å²) in [5.74, 6) is -0.0490. The summed E-state index contributed by atoms with van der Waals surface area (Å²) in [6, 6.07) is 9.15. The monoisotopic (exact) mass is 286 g/mol. The van der Waals surface area contributed by atoms with E-state index in [1.807, 2.05) is 6.07 Å². The Balaban J connectivity index is 1.89. The van der Waals surface area contributed by atoms with Crippen LogP contribution in [0.25, 0.3) is 0 Å². The zero-order chi connectivity index (χ0) is 15.3. The highest BCUT2D eigenvalue weighted by Crippen LogP contribution is 2.17. The molecule has 112 valence electrons. The summed E-state index contributed by atoms with van der Waals surface area (Å²) in [5, 5.41) is 15.2. The Hall–Kier alpha value is -1.90. The van der Waals surface area contributed by atoms with E-state index in [4.69, 9.17) is 5.26 Å². The largest absolute Gasteiger partial charge is 0.325 e. The van der Waals surface area contributed by atoms with Crippen molar-refractivity contribution in [3.05, 3.63) is 29.8 Å². The van der Waals surface area contributed by atoms with Gasteiger partial charge in [-0.15, -0.1) is 0 Å². The first kappa shape index (κ1) is 15.5. The molecule has 1 aliphatic heterocycles.